The van der Waals surface area contributed by atoms with Crippen LogP contribution >= 0.6 is 11.6 Å². The number of aromatic amines is 1. The molecule has 1 N–H and O–H groups in total. The summed E-state index contributed by atoms with van der Waals surface area (Å²) in [6, 6.07) is 0. The highest BCUT2D eigenvalue weighted by Gasteiger charge is 2.25. The number of rotatable bonds is 4. The number of halogens is 1. The van der Waals surface area contributed by atoms with E-state index in [4.69, 9.17) is 16.3 Å². The lowest BCUT2D eigenvalue weighted by Crippen LogP contribution is -1.97. The summed E-state index contributed by atoms with van der Waals surface area (Å²) in [6.07, 6.45) is 1.51. The van der Waals surface area contributed by atoms with Crippen molar-refractivity contribution in [2.75, 3.05) is 6.61 Å². The number of hydrogen-bond acceptors (Lipinski definition) is 4. The lowest BCUT2D eigenvalue weighted by Gasteiger charge is -1.94. The van der Waals surface area contributed by atoms with E-state index in [0.29, 0.717) is 12.1 Å². The summed E-state index contributed by atoms with van der Waals surface area (Å²) in [5, 5.41) is 10.6. The van der Waals surface area contributed by atoms with E-state index in [-0.39, 0.29) is 17.2 Å². The summed E-state index contributed by atoms with van der Waals surface area (Å²) in [6.45, 7) is 0.742. The van der Waals surface area contributed by atoms with E-state index in [1.165, 1.54) is 0 Å². The number of H-pyrrole nitrogens is 1. The Kier molecular flexibility index (Phi) is 2.39. The monoisotopic (exact) mass is 217 g/mol. The number of nitrogens with one attached hydrogen (secondary N) is 1. The van der Waals surface area contributed by atoms with Gasteiger partial charge in [0.15, 0.2) is 0 Å². The SMILES string of the molecule is O=[N+]([O-])c1[nH]c(Cl)nc1CCC1CO1. The zero-order valence-corrected chi connectivity index (χ0v) is 7.95. The Morgan fingerprint density at radius 3 is 3.07 bits per heavy atom. The summed E-state index contributed by atoms with van der Waals surface area (Å²) in [5.74, 6) is -0.115. The van der Waals surface area contributed by atoms with Crippen LogP contribution in [0.15, 0.2) is 0 Å². The maximum atomic E-state index is 10.5. The molecular formula is C7H8ClN3O3. The van der Waals surface area contributed by atoms with Gasteiger partial charge in [-0.1, -0.05) is 0 Å². The van der Waals surface area contributed by atoms with Gasteiger partial charge in [-0.2, -0.15) is 4.98 Å². The van der Waals surface area contributed by atoms with Crippen LogP contribution < -0.4 is 0 Å². The van der Waals surface area contributed by atoms with Crippen LogP contribution in [-0.2, 0) is 11.2 Å². The lowest BCUT2D eigenvalue weighted by atomic mass is 10.2. The molecule has 1 aliphatic heterocycles. The van der Waals surface area contributed by atoms with Crippen molar-refractivity contribution >= 4 is 17.4 Å². The molecule has 0 saturated carbocycles. The summed E-state index contributed by atoms with van der Waals surface area (Å²) in [5.41, 5.74) is 0.399. The minimum atomic E-state index is -0.512. The van der Waals surface area contributed by atoms with E-state index in [9.17, 15) is 10.1 Å². The number of epoxide rings is 1. The molecule has 14 heavy (non-hydrogen) atoms. The number of aromatic nitrogens is 2. The maximum Gasteiger partial charge on any atom is 0.344 e. The first-order valence-corrected chi connectivity index (χ1v) is 4.55. The van der Waals surface area contributed by atoms with Crippen molar-refractivity contribution in [1.82, 2.24) is 9.97 Å². The van der Waals surface area contributed by atoms with Crippen molar-refractivity contribution in [2.45, 2.75) is 18.9 Å². The zero-order chi connectivity index (χ0) is 10.1. The van der Waals surface area contributed by atoms with Crippen LogP contribution in [0.2, 0.25) is 5.28 Å². The molecule has 1 aromatic heterocycles. The Labute approximate surface area is 84.4 Å². The fourth-order valence-electron chi connectivity index (χ4n) is 1.23. The van der Waals surface area contributed by atoms with Crippen molar-refractivity contribution in [3.63, 3.8) is 0 Å². The van der Waals surface area contributed by atoms with Crippen molar-refractivity contribution in [3.8, 4) is 0 Å². The fourth-order valence-corrected chi connectivity index (χ4v) is 1.42. The van der Waals surface area contributed by atoms with Gasteiger partial charge in [0.1, 0.15) is 5.69 Å². The van der Waals surface area contributed by atoms with Gasteiger partial charge < -0.3 is 14.9 Å². The van der Waals surface area contributed by atoms with Crippen molar-refractivity contribution in [1.29, 1.82) is 0 Å². The Morgan fingerprint density at radius 1 is 1.79 bits per heavy atom. The largest absolute Gasteiger partial charge is 0.373 e. The molecule has 0 radical (unpaired) electrons. The van der Waals surface area contributed by atoms with Crippen LogP contribution in [0.3, 0.4) is 0 Å². The molecule has 1 unspecified atom stereocenters. The molecule has 76 valence electrons. The number of aryl methyl sites for hydroxylation is 1. The van der Waals surface area contributed by atoms with E-state index in [0.717, 1.165) is 13.0 Å². The van der Waals surface area contributed by atoms with Gasteiger partial charge in [0.2, 0.25) is 0 Å². The van der Waals surface area contributed by atoms with E-state index in [1.807, 2.05) is 0 Å². The maximum absolute atomic E-state index is 10.5. The topological polar surface area (TPSA) is 84.3 Å². The van der Waals surface area contributed by atoms with Crippen LogP contribution in [-0.4, -0.2) is 27.6 Å². The van der Waals surface area contributed by atoms with Gasteiger partial charge in [-0.3, -0.25) is 0 Å². The van der Waals surface area contributed by atoms with Gasteiger partial charge in [0.25, 0.3) is 5.28 Å². The molecule has 0 spiro atoms. The predicted molar refractivity (Wildman–Crippen MR) is 48.3 cm³/mol. The quantitative estimate of drug-likeness (QED) is 0.468. The molecule has 0 amide bonds. The first kappa shape index (κ1) is 9.42. The normalized spacial score (nSPS) is 19.6. The highest BCUT2D eigenvalue weighted by atomic mass is 35.5. The fraction of sp³-hybridized carbons (Fsp3) is 0.571. The number of nitrogens with zero attached hydrogens (tertiary/aromatic N) is 2. The predicted octanol–water partition coefficient (Wildman–Crippen LogP) is 1.30. The minimum Gasteiger partial charge on any atom is -0.373 e. The molecule has 7 heteroatoms. The third-order valence-corrected chi connectivity index (χ3v) is 2.20. The second kappa shape index (κ2) is 3.55. The molecule has 6 nitrogen and oxygen atoms in total. The average molecular weight is 218 g/mol. The molecule has 1 aromatic rings. The van der Waals surface area contributed by atoms with Gasteiger partial charge in [-0.25, -0.2) is 4.98 Å². The zero-order valence-electron chi connectivity index (χ0n) is 7.20. The minimum absolute atomic E-state index is 0.0587. The van der Waals surface area contributed by atoms with Crippen LogP contribution in [0, 0.1) is 10.1 Å². The summed E-state index contributed by atoms with van der Waals surface area (Å²) < 4.78 is 5.00. The molecule has 2 heterocycles. The smallest absolute Gasteiger partial charge is 0.344 e. The number of nitro groups is 1. The standard InChI is InChI=1S/C7H8ClN3O3/c8-7-9-5(2-1-4-3-14-4)6(10-7)11(12)13/h4H,1-3H2,(H,9,10). The summed E-state index contributed by atoms with van der Waals surface area (Å²) >= 11 is 5.54. The van der Waals surface area contributed by atoms with E-state index in [1.54, 1.807) is 0 Å². The van der Waals surface area contributed by atoms with E-state index in [2.05, 4.69) is 9.97 Å². The number of hydrogen-bond donors (Lipinski definition) is 1. The first-order valence-electron chi connectivity index (χ1n) is 4.17. The first-order chi connectivity index (χ1) is 6.66. The highest BCUT2D eigenvalue weighted by Crippen LogP contribution is 2.22. The Balaban J connectivity index is 2.09. The molecule has 0 aliphatic carbocycles. The average Bonchev–Trinajstić information content (AvgIpc) is 2.86. The molecule has 1 aliphatic rings. The van der Waals surface area contributed by atoms with Crippen LogP contribution in [0.1, 0.15) is 12.1 Å². The molecule has 1 atom stereocenters. The van der Waals surface area contributed by atoms with Crippen LogP contribution in [0.25, 0.3) is 0 Å². The van der Waals surface area contributed by atoms with Crippen molar-refractivity contribution < 1.29 is 9.66 Å². The Morgan fingerprint density at radius 2 is 2.50 bits per heavy atom. The Hall–Kier alpha value is -1.14. The second-order valence-corrected chi connectivity index (χ2v) is 3.43. The van der Waals surface area contributed by atoms with E-state index >= 15 is 0 Å². The molecule has 1 saturated heterocycles. The summed E-state index contributed by atoms with van der Waals surface area (Å²) in [4.78, 5) is 16.3. The molecule has 2 rings (SSSR count). The lowest BCUT2D eigenvalue weighted by molar-refractivity contribution is -0.390. The Bertz CT molecular complexity index is 361. The number of ether oxygens (including phenoxy) is 1. The second-order valence-electron chi connectivity index (χ2n) is 3.07. The third-order valence-electron chi connectivity index (χ3n) is 2.02. The van der Waals surface area contributed by atoms with Crippen LogP contribution in [0.5, 0.6) is 0 Å². The van der Waals surface area contributed by atoms with E-state index < -0.39 is 4.92 Å². The number of imidazole rings is 1. The molecular weight excluding hydrogens is 210 g/mol. The van der Waals surface area contributed by atoms with Crippen molar-refractivity contribution in [2.24, 2.45) is 0 Å². The van der Waals surface area contributed by atoms with Gasteiger partial charge in [-0.05, 0) is 22.9 Å². The van der Waals surface area contributed by atoms with Gasteiger partial charge >= 0.3 is 5.82 Å². The molecule has 1 fully saturated rings. The van der Waals surface area contributed by atoms with Crippen LogP contribution in [0.4, 0.5) is 5.82 Å². The van der Waals surface area contributed by atoms with Crippen molar-refractivity contribution in [3.05, 3.63) is 21.1 Å². The summed E-state index contributed by atoms with van der Waals surface area (Å²) in [7, 11) is 0. The highest BCUT2D eigenvalue weighted by molar-refractivity contribution is 6.28. The van der Waals surface area contributed by atoms with Gasteiger partial charge in [-0.15, -0.1) is 0 Å². The van der Waals surface area contributed by atoms with Gasteiger partial charge in [0.05, 0.1) is 12.7 Å². The molecule has 0 aromatic carbocycles. The van der Waals surface area contributed by atoms with Gasteiger partial charge in [0, 0.05) is 6.42 Å². The third kappa shape index (κ3) is 2.02. The molecule has 0 bridgehead atoms.